The van der Waals surface area contributed by atoms with Gasteiger partial charge >= 0.3 is 5.97 Å². The highest BCUT2D eigenvalue weighted by Gasteiger charge is 2.67. The van der Waals surface area contributed by atoms with E-state index in [2.05, 4.69) is 19.9 Å². The number of rotatable bonds is 10. The largest absolute Gasteiger partial charge is 0.461 e. The Morgan fingerprint density at radius 1 is 1.00 bits per heavy atom. The molecule has 7 heteroatoms. The summed E-state index contributed by atoms with van der Waals surface area (Å²) in [6.45, 7) is 8.25. The fraction of sp³-hybridized carbons (Fsp3) is 0.933. The lowest BCUT2D eigenvalue weighted by Gasteiger charge is -2.46. The van der Waals surface area contributed by atoms with E-state index in [4.69, 9.17) is 4.74 Å². The van der Waals surface area contributed by atoms with Crippen molar-refractivity contribution in [3.05, 3.63) is 0 Å². The van der Waals surface area contributed by atoms with Crippen LogP contribution in [0.1, 0.15) is 130 Å². The van der Waals surface area contributed by atoms with E-state index in [1.807, 2.05) is 18.2 Å². The van der Waals surface area contributed by atoms with E-state index in [0.29, 0.717) is 25.2 Å². The lowest BCUT2D eigenvalue weighted by Crippen LogP contribution is -2.55. The first kappa shape index (κ1) is 28.9. The number of sulfonamides is 1. The average molecular weight is 535 g/mol. The van der Waals surface area contributed by atoms with Crippen LogP contribution in [0.2, 0.25) is 0 Å². The Labute approximate surface area is 225 Å². The summed E-state index contributed by atoms with van der Waals surface area (Å²) in [5.41, 5.74) is -1.98. The SMILES string of the molecule is CCC[C@](C#N)(CC)C(=O)O[C@@H]1C[C@H]2CC[C@]1(CS(=O)(=O)N(C1CCCCC1)C1CCCCC1)C2(C)C. The molecular formula is C30H50N2O4S. The van der Waals surface area contributed by atoms with Gasteiger partial charge in [-0.25, -0.2) is 8.42 Å². The molecule has 2 bridgehead atoms. The fourth-order valence-corrected chi connectivity index (χ4v) is 11.4. The molecule has 0 aromatic rings. The summed E-state index contributed by atoms with van der Waals surface area (Å²) in [5.74, 6) is -0.0445. The molecule has 0 amide bonds. The molecule has 4 aliphatic carbocycles. The topological polar surface area (TPSA) is 87.5 Å². The minimum atomic E-state index is -3.57. The van der Waals surface area contributed by atoms with E-state index >= 15 is 0 Å². The summed E-state index contributed by atoms with van der Waals surface area (Å²) < 4.78 is 37.3. The van der Waals surface area contributed by atoms with Gasteiger partial charge in [0, 0.05) is 17.5 Å². The van der Waals surface area contributed by atoms with Crippen molar-refractivity contribution in [1.82, 2.24) is 4.31 Å². The maximum absolute atomic E-state index is 14.5. The number of fused-ring (bicyclic) bond motifs is 2. The third-order valence-electron chi connectivity index (χ3n) is 11.1. The number of nitriles is 1. The van der Waals surface area contributed by atoms with Gasteiger partial charge in [-0.05, 0) is 69.1 Å². The molecule has 0 N–H and O–H groups in total. The van der Waals surface area contributed by atoms with Crippen LogP contribution >= 0.6 is 0 Å². The number of ether oxygens (including phenoxy) is 1. The fourth-order valence-electron chi connectivity index (χ4n) is 8.60. The molecule has 4 aliphatic rings. The highest BCUT2D eigenvalue weighted by atomic mass is 32.2. The van der Waals surface area contributed by atoms with E-state index < -0.39 is 32.9 Å². The second kappa shape index (κ2) is 11.2. The van der Waals surface area contributed by atoms with E-state index in [1.54, 1.807) is 0 Å². The van der Waals surface area contributed by atoms with Gasteiger partial charge in [-0.2, -0.15) is 9.57 Å². The Hall–Kier alpha value is -1.13. The smallest absolute Gasteiger partial charge is 0.326 e. The van der Waals surface area contributed by atoms with Gasteiger partial charge in [0.2, 0.25) is 10.0 Å². The summed E-state index contributed by atoms with van der Waals surface area (Å²) in [6, 6.07) is 2.49. The number of esters is 1. The second-order valence-corrected chi connectivity index (χ2v) is 15.1. The standard InChI is InChI=1S/C30H50N2O4S/c1-5-18-29(6-2,21-31)27(33)36-26-20-23-17-19-30(26,28(23,3)4)22-37(34,35)32(24-13-9-7-10-14-24)25-15-11-8-12-16-25/h23-26H,5-20,22H2,1-4H3/t23-,26-,29+,30-/m1/s1. The molecule has 0 unspecified atom stereocenters. The summed E-state index contributed by atoms with van der Waals surface area (Å²) >= 11 is 0. The molecule has 0 saturated heterocycles. The second-order valence-electron chi connectivity index (χ2n) is 13.2. The predicted molar refractivity (Wildman–Crippen MR) is 146 cm³/mol. The number of hydrogen-bond donors (Lipinski definition) is 0. The molecule has 4 rings (SSSR count). The number of hydrogen-bond acceptors (Lipinski definition) is 5. The highest BCUT2D eigenvalue weighted by Crippen LogP contribution is 2.67. The van der Waals surface area contributed by atoms with Crippen molar-refractivity contribution in [3.8, 4) is 6.07 Å². The zero-order valence-corrected chi connectivity index (χ0v) is 24.6. The number of carbonyl (C=O) groups is 1. The predicted octanol–water partition coefficient (Wildman–Crippen LogP) is 6.74. The third kappa shape index (κ3) is 5.11. The van der Waals surface area contributed by atoms with Gasteiger partial charge in [-0.3, -0.25) is 4.79 Å². The van der Waals surface area contributed by atoms with Gasteiger partial charge in [0.15, 0.2) is 5.41 Å². The van der Waals surface area contributed by atoms with Crippen molar-refractivity contribution in [3.63, 3.8) is 0 Å². The zero-order valence-electron chi connectivity index (χ0n) is 23.8. The van der Waals surface area contributed by atoms with Gasteiger partial charge in [-0.15, -0.1) is 0 Å². The molecule has 37 heavy (non-hydrogen) atoms. The first-order valence-corrected chi connectivity index (χ1v) is 16.8. The Bertz CT molecular complexity index is 943. The molecule has 0 aromatic carbocycles. The van der Waals surface area contributed by atoms with Crippen molar-refractivity contribution in [2.75, 3.05) is 5.75 Å². The van der Waals surface area contributed by atoms with Gasteiger partial charge in [0.25, 0.3) is 0 Å². The molecule has 4 atom stereocenters. The molecule has 6 nitrogen and oxygen atoms in total. The third-order valence-corrected chi connectivity index (χ3v) is 13.2. The molecular weight excluding hydrogens is 484 g/mol. The Kier molecular flexibility index (Phi) is 8.71. The maximum atomic E-state index is 14.5. The monoisotopic (exact) mass is 534 g/mol. The van der Waals surface area contributed by atoms with E-state index in [-0.39, 0.29) is 23.3 Å². The van der Waals surface area contributed by atoms with Crippen LogP contribution in [0.5, 0.6) is 0 Å². The van der Waals surface area contributed by atoms with Crippen molar-refractivity contribution in [2.45, 2.75) is 149 Å². The van der Waals surface area contributed by atoms with Crippen LogP contribution in [0.25, 0.3) is 0 Å². The number of nitrogens with zero attached hydrogens (tertiary/aromatic N) is 2. The maximum Gasteiger partial charge on any atom is 0.326 e. The van der Waals surface area contributed by atoms with Crippen molar-refractivity contribution >= 4 is 16.0 Å². The van der Waals surface area contributed by atoms with Crippen LogP contribution < -0.4 is 0 Å². The van der Waals surface area contributed by atoms with E-state index in [9.17, 15) is 18.5 Å². The summed E-state index contributed by atoms with van der Waals surface area (Å²) in [7, 11) is -3.57. The zero-order chi connectivity index (χ0) is 26.9. The van der Waals surface area contributed by atoms with Gasteiger partial charge < -0.3 is 4.74 Å². The van der Waals surface area contributed by atoms with Crippen molar-refractivity contribution in [2.24, 2.45) is 22.2 Å². The Morgan fingerprint density at radius 2 is 1.57 bits per heavy atom. The summed E-state index contributed by atoms with van der Waals surface area (Å²) in [4.78, 5) is 13.5. The van der Waals surface area contributed by atoms with E-state index in [0.717, 1.165) is 70.6 Å². The van der Waals surface area contributed by atoms with E-state index in [1.165, 1.54) is 12.8 Å². The quantitative estimate of drug-likeness (QED) is 0.290. The number of carbonyl (C=O) groups excluding carboxylic acids is 1. The lowest BCUT2D eigenvalue weighted by molar-refractivity contribution is -0.166. The Balaban J connectivity index is 1.65. The van der Waals surface area contributed by atoms with Crippen LogP contribution in [0, 0.1) is 33.5 Å². The average Bonchev–Trinajstić information content (AvgIpc) is 3.23. The first-order valence-electron chi connectivity index (χ1n) is 15.2. The van der Waals surface area contributed by atoms with Crippen LogP contribution in [0.15, 0.2) is 0 Å². The van der Waals surface area contributed by atoms with Crippen molar-refractivity contribution < 1.29 is 17.9 Å². The summed E-state index contributed by atoms with van der Waals surface area (Å²) in [5, 5.41) is 9.95. The molecule has 0 aliphatic heterocycles. The Morgan fingerprint density at radius 3 is 2.03 bits per heavy atom. The molecule has 0 spiro atoms. The minimum Gasteiger partial charge on any atom is -0.461 e. The van der Waals surface area contributed by atoms with Gasteiger partial charge in [0.1, 0.15) is 6.10 Å². The minimum absolute atomic E-state index is 0.0634. The first-order chi connectivity index (χ1) is 17.6. The molecule has 0 aromatic heterocycles. The van der Waals surface area contributed by atoms with Crippen LogP contribution in [0.4, 0.5) is 0 Å². The highest BCUT2D eigenvalue weighted by molar-refractivity contribution is 7.89. The van der Waals surface area contributed by atoms with Crippen LogP contribution in [-0.2, 0) is 19.6 Å². The van der Waals surface area contributed by atoms with Gasteiger partial charge in [0.05, 0.1) is 11.8 Å². The molecule has 210 valence electrons. The van der Waals surface area contributed by atoms with Crippen LogP contribution in [0.3, 0.4) is 0 Å². The normalized spacial score (nSPS) is 32.2. The molecule has 0 radical (unpaired) electrons. The molecule has 4 fully saturated rings. The van der Waals surface area contributed by atoms with Gasteiger partial charge in [-0.1, -0.05) is 72.6 Å². The van der Waals surface area contributed by atoms with Crippen LogP contribution in [-0.4, -0.2) is 42.6 Å². The van der Waals surface area contributed by atoms with Crippen molar-refractivity contribution in [1.29, 1.82) is 5.26 Å². The molecule has 4 saturated carbocycles. The summed E-state index contributed by atoms with van der Waals surface area (Å²) in [6.07, 6.45) is 14.3. The lowest BCUT2D eigenvalue weighted by atomic mass is 9.69. The molecule has 0 heterocycles.